The summed E-state index contributed by atoms with van der Waals surface area (Å²) in [4.78, 5) is 4.43. The molecule has 0 aliphatic carbocycles. The minimum Gasteiger partial charge on any atom is -0.340 e. The molecule has 0 spiro atoms. The van der Waals surface area contributed by atoms with Gasteiger partial charge in [0.25, 0.3) is 0 Å². The van der Waals surface area contributed by atoms with Gasteiger partial charge in [-0.1, -0.05) is 29.8 Å². The third-order valence-corrected chi connectivity index (χ3v) is 3.32. The van der Waals surface area contributed by atoms with E-state index in [2.05, 4.69) is 16.4 Å². The largest absolute Gasteiger partial charge is 0.340 e. The molecule has 1 aromatic heterocycles. The molecule has 21 heavy (non-hydrogen) atoms. The fourth-order valence-corrected chi connectivity index (χ4v) is 2.23. The fraction of sp³-hybridized carbons (Fsp3) is 0. The van der Waals surface area contributed by atoms with Crippen molar-refractivity contribution in [2.24, 2.45) is 0 Å². The highest BCUT2D eigenvalue weighted by atomic mass is 35.5. The van der Waals surface area contributed by atoms with Crippen molar-refractivity contribution >= 4 is 34.0 Å². The molecule has 0 saturated carbocycles. The summed E-state index contributed by atoms with van der Waals surface area (Å²) in [5.41, 5.74) is 1.84. The van der Waals surface area contributed by atoms with Gasteiger partial charge in [0.05, 0.1) is 22.2 Å². The number of pyridine rings is 1. The predicted molar refractivity (Wildman–Crippen MR) is 81.2 cm³/mol. The number of nitrogens with one attached hydrogen (secondary N) is 1. The monoisotopic (exact) mass is 297 g/mol. The van der Waals surface area contributed by atoms with Gasteiger partial charge >= 0.3 is 0 Å². The molecule has 3 rings (SSSR count). The molecule has 5 heteroatoms. The van der Waals surface area contributed by atoms with E-state index in [1.54, 1.807) is 12.1 Å². The maximum atomic E-state index is 13.1. The van der Waals surface area contributed by atoms with Crippen molar-refractivity contribution in [2.75, 3.05) is 5.32 Å². The molecule has 0 bridgehead atoms. The Bertz CT molecular complexity index is 871. The maximum absolute atomic E-state index is 13.1. The zero-order valence-corrected chi connectivity index (χ0v) is 11.5. The number of hydrogen-bond donors (Lipinski definition) is 1. The Morgan fingerprint density at radius 1 is 1.14 bits per heavy atom. The number of fused-ring (bicyclic) bond motifs is 1. The van der Waals surface area contributed by atoms with Gasteiger partial charge in [-0.25, -0.2) is 9.37 Å². The quantitative estimate of drug-likeness (QED) is 0.749. The Hall–Kier alpha value is -2.64. The standard InChI is InChI=1S/C16H9ClFN3/c17-13-8-11(5-6-14(13)18)20-16-7-10(9-19)12-3-1-2-4-15(12)21-16/h1-8H,(H,20,21). The van der Waals surface area contributed by atoms with E-state index >= 15 is 0 Å². The van der Waals surface area contributed by atoms with Gasteiger partial charge in [-0.05, 0) is 30.3 Å². The van der Waals surface area contributed by atoms with Crippen LogP contribution in [0.3, 0.4) is 0 Å². The molecule has 0 fully saturated rings. The maximum Gasteiger partial charge on any atom is 0.141 e. The van der Waals surface area contributed by atoms with Crippen molar-refractivity contribution in [2.45, 2.75) is 0 Å². The lowest BCUT2D eigenvalue weighted by Crippen LogP contribution is -1.96. The number of aromatic nitrogens is 1. The van der Waals surface area contributed by atoms with Crippen LogP contribution in [-0.2, 0) is 0 Å². The average molecular weight is 298 g/mol. The second kappa shape index (κ2) is 5.39. The fourth-order valence-electron chi connectivity index (χ4n) is 2.05. The van der Waals surface area contributed by atoms with Crippen LogP contribution in [0.25, 0.3) is 10.9 Å². The number of hydrogen-bond acceptors (Lipinski definition) is 3. The topological polar surface area (TPSA) is 48.7 Å². The Morgan fingerprint density at radius 3 is 2.71 bits per heavy atom. The summed E-state index contributed by atoms with van der Waals surface area (Å²) < 4.78 is 13.1. The SMILES string of the molecule is N#Cc1cc(Nc2ccc(F)c(Cl)c2)nc2ccccc12. The molecular formula is C16H9ClFN3. The highest BCUT2D eigenvalue weighted by molar-refractivity contribution is 6.31. The second-order valence-electron chi connectivity index (χ2n) is 4.44. The summed E-state index contributed by atoms with van der Waals surface area (Å²) in [6.07, 6.45) is 0. The van der Waals surface area contributed by atoms with Crippen molar-refractivity contribution < 1.29 is 4.39 Å². The van der Waals surface area contributed by atoms with Gasteiger partial charge in [-0.15, -0.1) is 0 Å². The molecular weight excluding hydrogens is 289 g/mol. The van der Waals surface area contributed by atoms with Crippen LogP contribution in [0, 0.1) is 17.1 Å². The predicted octanol–water partition coefficient (Wildman–Crippen LogP) is 4.64. The number of rotatable bonds is 2. The van der Waals surface area contributed by atoms with E-state index in [9.17, 15) is 9.65 Å². The van der Waals surface area contributed by atoms with Crippen LogP contribution < -0.4 is 5.32 Å². The number of anilines is 2. The zero-order valence-electron chi connectivity index (χ0n) is 10.8. The van der Waals surface area contributed by atoms with Crippen LogP contribution in [-0.4, -0.2) is 4.98 Å². The molecule has 0 amide bonds. The average Bonchev–Trinajstić information content (AvgIpc) is 2.50. The minimum absolute atomic E-state index is 0.0290. The van der Waals surface area contributed by atoms with Gasteiger partial charge in [0, 0.05) is 11.1 Å². The normalized spacial score (nSPS) is 10.3. The van der Waals surface area contributed by atoms with E-state index in [1.165, 1.54) is 12.1 Å². The van der Waals surface area contributed by atoms with E-state index < -0.39 is 5.82 Å². The lowest BCUT2D eigenvalue weighted by atomic mass is 10.1. The molecule has 1 heterocycles. The second-order valence-corrected chi connectivity index (χ2v) is 4.85. The molecule has 0 atom stereocenters. The third kappa shape index (κ3) is 2.64. The van der Waals surface area contributed by atoms with E-state index in [1.807, 2.05) is 24.3 Å². The Balaban J connectivity index is 2.04. The molecule has 0 radical (unpaired) electrons. The Morgan fingerprint density at radius 2 is 1.95 bits per heavy atom. The molecule has 0 aliphatic heterocycles. The van der Waals surface area contributed by atoms with Gasteiger partial charge in [-0.3, -0.25) is 0 Å². The minimum atomic E-state index is -0.480. The molecule has 0 unspecified atom stereocenters. The summed E-state index contributed by atoms with van der Waals surface area (Å²) in [6, 6.07) is 15.5. The number of nitrogens with zero attached hydrogens (tertiary/aromatic N) is 2. The zero-order chi connectivity index (χ0) is 14.8. The van der Waals surface area contributed by atoms with E-state index in [-0.39, 0.29) is 5.02 Å². The number of benzene rings is 2. The van der Waals surface area contributed by atoms with Gasteiger partial charge in [0.2, 0.25) is 0 Å². The molecule has 2 aromatic carbocycles. The van der Waals surface area contributed by atoms with Crippen LogP contribution in [0.2, 0.25) is 5.02 Å². The van der Waals surface area contributed by atoms with Crippen molar-refractivity contribution in [1.29, 1.82) is 5.26 Å². The molecule has 102 valence electrons. The summed E-state index contributed by atoms with van der Waals surface area (Å²) in [6.45, 7) is 0. The van der Waals surface area contributed by atoms with Gasteiger partial charge < -0.3 is 5.32 Å². The first kappa shape index (κ1) is 13.3. The van der Waals surface area contributed by atoms with E-state index in [4.69, 9.17) is 11.6 Å². The Kier molecular flexibility index (Phi) is 3.43. The molecule has 3 nitrogen and oxygen atoms in total. The van der Waals surface area contributed by atoms with E-state index in [0.717, 1.165) is 5.39 Å². The summed E-state index contributed by atoms with van der Waals surface area (Å²) >= 11 is 5.75. The summed E-state index contributed by atoms with van der Waals surface area (Å²) in [5, 5.41) is 13.1. The van der Waals surface area contributed by atoms with E-state index in [0.29, 0.717) is 22.6 Å². The first-order chi connectivity index (χ1) is 10.2. The lowest BCUT2D eigenvalue weighted by Gasteiger charge is -2.08. The molecule has 1 N–H and O–H groups in total. The lowest BCUT2D eigenvalue weighted by molar-refractivity contribution is 0.628. The van der Waals surface area contributed by atoms with Crippen LogP contribution in [0.1, 0.15) is 5.56 Å². The first-order valence-electron chi connectivity index (χ1n) is 6.19. The highest BCUT2D eigenvalue weighted by Gasteiger charge is 2.06. The molecule has 3 aromatic rings. The van der Waals surface area contributed by atoms with Crippen molar-refractivity contribution in [1.82, 2.24) is 4.98 Å². The van der Waals surface area contributed by atoms with Gasteiger partial charge in [-0.2, -0.15) is 5.26 Å². The van der Waals surface area contributed by atoms with Crippen LogP contribution in [0.15, 0.2) is 48.5 Å². The van der Waals surface area contributed by atoms with Crippen molar-refractivity contribution in [3.05, 3.63) is 64.9 Å². The number of nitriles is 1. The van der Waals surface area contributed by atoms with Crippen molar-refractivity contribution in [3.8, 4) is 6.07 Å². The summed E-state index contributed by atoms with van der Waals surface area (Å²) in [7, 11) is 0. The van der Waals surface area contributed by atoms with Gasteiger partial charge in [0.15, 0.2) is 0 Å². The number of para-hydroxylation sites is 1. The smallest absolute Gasteiger partial charge is 0.141 e. The van der Waals surface area contributed by atoms with Crippen LogP contribution in [0.4, 0.5) is 15.9 Å². The summed E-state index contributed by atoms with van der Waals surface area (Å²) in [5.74, 6) is 0.0272. The highest BCUT2D eigenvalue weighted by Crippen LogP contribution is 2.25. The first-order valence-corrected chi connectivity index (χ1v) is 6.57. The molecule has 0 saturated heterocycles. The van der Waals surface area contributed by atoms with Crippen molar-refractivity contribution in [3.63, 3.8) is 0 Å². The molecule has 0 aliphatic rings. The van der Waals surface area contributed by atoms with Gasteiger partial charge in [0.1, 0.15) is 11.6 Å². The van der Waals surface area contributed by atoms with Crippen LogP contribution >= 0.6 is 11.6 Å². The van der Waals surface area contributed by atoms with Crippen LogP contribution in [0.5, 0.6) is 0 Å². The Labute approximate surface area is 125 Å². The third-order valence-electron chi connectivity index (χ3n) is 3.03. The number of halogens is 2.